The molecule has 1 fully saturated rings. The zero-order valence-electron chi connectivity index (χ0n) is 12.0. The van der Waals surface area contributed by atoms with Crippen molar-refractivity contribution in [2.45, 2.75) is 13.5 Å². The predicted octanol–water partition coefficient (Wildman–Crippen LogP) is 5.60. The fourth-order valence-electron chi connectivity index (χ4n) is 2.12. The highest BCUT2D eigenvalue weighted by molar-refractivity contribution is 8.18. The lowest BCUT2D eigenvalue weighted by molar-refractivity contribution is -0.123. The fraction of sp³-hybridized carbons (Fsp3) is 0.125. The van der Waals surface area contributed by atoms with E-state index in [1.165, 1.54) is 4.90 Å². The average Bonchev–Trinajstić information content (AvgIpc) is 3.02. The SMILES string of the molecule is Cc1ccc(C=C2SC(=O)N(Cc3ccc(Cl)c(Cl)c3)C2=O)s1. The lowest BCUT2D eigenvalue weighted by atomic mass is 10.2. The molecule has 3 rings (SSSR count). The number of carbonyl (C=O) groups is 2. The Morgan fingerprint density at radius 2 is 1.91 bits per heavy atom. The number of thioether (sulfide) groups is 1. The number of aryl methyl sites for hydroxylation is 1. The number of hydrogen-bond acceptors (Lipinski definition) is 4. The molecule has 1 saturated heterocycles. The number of nitrogens with zero attached hydrogens (tertiary/aromatic N) is 1. The van der Waals surface area contributed by atoms with Crippen LogP contribution in [0.25, 0.3) is 6.08 Å². The van der Waals surface area contributed by atoms with E-state index >= 15 is 0 Å². The molecular weight excluding hydrogens is 373 g/mol. The summed E-state index contributed by atoms with van der Waals surface area (Å²) >= 11 is 14.4. The minimum Gasteiger partial charge on any atom is -0.268 e. The van der Waals surface area contributed by atoms with Gasteiger partial charge in [0.2, 0.25) is 0 Å². The van der Waals surface area contributed by atoms with Crippen LogP contribution in [-0.4, -0.2) is 16.0 Å². The van der Waals surface area contributed by atoms with Crippen molar-refractivity contribution in [3.8, 4) is 0 Å². The van der Waals surface area contributed by atoms with Crippen LogP contribution in [0.2, 0.25) is 10.0 Å². The van der Waals surface area contributed by atoms with Crippen LogP contribution < -0.4 is 0 Å². The molecule has 0 atom stereocenters. The number of benzene rings is 1. The quantitative estimate of drug-likeness (QED) is 0.647. The molecule has 1 aliphatic heterocycles. The van der Waals surface area contributed by atoms with E-state index in [1.54, 1.807) is 35.6 Å². The van der Waals surface area contributed by atoms with Crippen LogP contribution >= 0.6 is 46.3 Å². The summed E-state index contributed by atoms with van der Waals surface area (Å²) in [4.78, 5) is 28.3. The summed E-state index contributed by atoms with van der Waals surface area (Å²) in [6, 6.07) is 9.00. The van der Waals surface area contributed by atoms with Gasteiger partial charge < -0.3 is 0 Å². The van der Waals surface area contributed by atoms with Crippen LogP contribution in [0.3, 0.4) is 0 Å². The molecule has 2 heterocycles. The normalized spacial score (nSPS) is 16.7. The second-order valence-corrected chi connectivity index (χ2v) is 8.09. The summed E-state index contributed by atoms with van der Waals surface area (Å²) in [6.45, 7) is 2.18. The molecule has 0 N–H and O–H groups in total. The molecule has 7 heteroatoms. The number of amides is 2. The van der Waals surface area contributed by atoms with Crippen molar-refractivity contribution in [2.24, 2.45) is 0 Å². The molecule has 0 spiro atoms. The average molecular weight is 384 g/mol. The molecule has 2 aromatic rings. The Balaban J connectivity index is 1.81. The van der Waals surface area contributed by atoms with Gasteiger partial charge in [0.15, 0.2) is 0 Å². The highest BCUT2D eigenvalue weighted by Crippen LogP contribution is 2.35. The van der Waals surface area contributed by atoms with Gasteiger partial charge >= 0.3 is 0 Å². The molecule has 0 bridgehead atoms. The zero-order chi connectivity index (χ0) is 16.6. The first-order valence-electron chi connectivity index (χ1n) is 6.70. The highest BCUT2D eigenvalue weighted by Gasteiger charge is 2.35. The number of rotatable bonds is 3. The standard InChI is InChI=1S/C16H11Cl2NO2S2/c1-9-2-4-11(22-9)7-14-15(20)19(16(21)23-14)8-10-3-5-12(17)13(18)6-10/h2-7H,8H2,1H3. The first-order valence-corrected chi connectivity index (χ1v) is 9.08. The van der Waals surface area contributed by atoms with Gasteiger partial charge in [-0.2, -0.15) is 0 Å². The third-order valence-corrected chi connectivity index (χ3v) is 5.83. The third-order valence-electron chi connectivity index (χ3n) is 3.23. The molecular formula is C16H11Cl2NO2S2. The molecule has 1 aliphatic rings. The minimum absolute atomic E-state index is 0.183. The highest BCUT2D eigenvalue weighted by atomic mass is 35.5. The second-order valence-electron chi connectivity index (χ2n) is 4.96. The lowest BCUT2D eigenvalue weighted by Gasteiger charge is -2.12. The third kappa shape index (κ3) is 3.63. The van der Waals surface area contributed by atoms with Crippen LogP contribution in [0.5, 0.6) is 0 Å². The van der Waals surface area contributed by atoms with Crippen molar-refractivity contribution in [3.05, 3.63) is 60.6 Å². The molecule has 118 valence electrons. The Kier molecular flexibility index (Phi) is 4.82. The second kappa shape index (κ2) is 6.69. The maximum atomic E-state index is 12.4. The van der Waals surface area contributed by atoms with Crippen LogP contribution in [0.1, 0.15) is 15.3 Å². The van der Waals surface area contributed by atoms with Crippen LogP contribution in [-0.2, 0) is 11.3 Å². The Hall–Kier alpha value is -1.27. The van der Waals surface area contributed by atoms with Gasteiger partial charge in [0.25, 0.3) is 11.1 Å². The van der Waals surface area contributed by atoms with Gasteiger partial charge in [0, 0.05) is 9.75 Å². The summed E-state index contributed by atoms with van der Waals surface area (Å²) in [5.74, 6) is -0.280. The maximum absolute atomic E-state index is 12.4. The first kappa shape index (κ1) is 16.6. The number of hydrogen-bond donors (Lipinski definition) is 0. The molecule has 1 aromatic carbocycles. The molecule has 2 amide bonds. The van der Waals surface area contributed by atoms with E-state index in [2.05, 4.69) is 0 Å². The number of halogens is 2. The van der Waals surface area contributed by atoms with Gasteiger partial charge in [-0.1, -0.05) is 29.3 Å². The van der Waals surface area contributed by atoms with Crippen LogP contribution in [0.4, 0.5) is 4.79 Å². The Bertz CT molecular complexity index is 829. The van der Waals surface area contributed by atoms with Crippen molar-refractivity contribution >= 4 is 63.5 Å². The largest absolute Gasteiger partial charge is 0.293 e. The van der Waals surface area contributed by atoms with Gasteiger partial charge in [-0.05, 0) is 54.6 Å². The number of imide groups is 1. The van der Waals surface area contributed by atoms with E-state index in [0.717, 1.165) is 27.1 Å². The predicted molar refractivity (Wildman–Crippen MR) is 97.0 cm³/mol. The van der Waals surface area contributed by atoms with Crippen molar-refractivity contribution in [1.29, 1.82) is 0 Å². The summed E-state index contributed by atoms with van der Waals surface area (Å²) in [7, 11) is 0. The van der Waals surface area contributed by atoms with Crippen molar-refractivity contribution < 1.29 is 9.59 Å². The van der Waals surface area contributed by atoms with Crippen molar-refractivity contribution in [1.82, 2.24) is 4.90 Å². The minimum atomic E-state index is -0.280. The van der Waals surface area contributed by atoms with Gasteiger partial charge in [0.05, 0.1) is 21.5 Å². The van der Waals surface area contributed by atoms with E-state index in [1.807, 2.05) is 19.1 Å². The van der Waals surface area contributed by atoms with Crippen molar-refractivity contribution in [3.63, 3.8) is 0 Å². The summed E-state index contributed by atoms with van der Waals surface area (Å²) in [5.41, 5.74) is 0.759. The van der Waals surface area contributed by atoms with Gasteiger partial charge in [0.1, 0.15) is 0 Å². The van der Waals surface area contributed by atoms with Crippen molar-refractivity contribution in [2.75, 3.05) is 0 Å². The molecule has 23 heavy (non-hydrogen) atoms. The van der Waals surface area contributed by atoms with Crippen LogP contribution in [0, 0.1) is 6.92 Å². The van der Waals surface area contributed by atoms with E-state index in [-0.39, 0.29) is 17.7 Å². The van der Waals surface area contributed by atoms with E-state index in [9.17, 15) is 9.59 Å². The number of carbonyl (C=O) groups excluding carboxylic acids is 2. The van der Waals surface area contributed by atoms with Gasteiger partial charge in [-0.3, -0.25) is 14.5 Å². The molecule has 0 aliphatic carbocycles. The summed E-state index contributed by atoms with van der Waals surface area (Å²) in [5, 5.41) is 0.568. The number of thiophene rings is 1. The molecule has 0 unspecified atom stereocenters. The monoisotopic (exact) mass is 383 g/mol. The molecule has 0 saturated carbocycles. The lowest BCUT2D eigenvalue weighted by Crippen LogP contribution is -2.27. The summed E-state index contributed by atoms with van der Waals surface area (Å²) < 4.78 is 0. The maximum Gasteiger partial charge on any atom is 0.293 e. The zero-order valence-corrected chi connectivity index (χ0v) is 15.2. The molecule has 0 radical (unpaired) electrons. The fourth-order valence-corrected chi connectivity index (χ4v) is 4.16. The van der Waals surface area contributed by atoms with Gasteiger partial charge in [-0.25, -0.2) is 0 Å². The topological polar surface area (TPSA) is 37.4 Å². The Morgan fingerprint density at radius 1 is 1.13 bits per heavy atom. The van der Waals surface area contributed by atoms with E-state index in [4.69, 9.17) is 23.2 Å². The van der Waals surface area contributed by atoms with Crippen LogP contribution in [0.15, 0.2) is 35.2 Å². The first-order chi connectivity index (χ1) is 10.9. The smallest absolute Gasteiger partial charge is 0.268 e. The van der Waals surface area contributed by atoms with E-state index in [0.29, 0.717) is 15.0 Å². The van der Waals surface area contributed by atoms with E-state index < -0.39 is 0 Å². The molecule has 1 aromatic heterocycles. The van der Waals surface area contributed by atoms with Gasteiger partial charge in [-0.15, -0.1) is 11.3 Å². The molecule has 3 nitrogen and oxygen atoms in total. The Labute approximate surface area is 151 Å². The Morgan fingerprint density at radius 3 is 2.57 bits per heavy atom. The summed E-state index contributed by atoms with van der Waals surface area (Å²) in [6.07, 6.45) is 1.76.